The third kappa shape index (κ3) is 3.28. The van der Waals surface area contributed by atoms with Crippen molar-refractivity contribution >= 4 is 11.6 Å². The number of nitriles is 1. The number of nitrogens with zero attached hydrogens (tertiary/aromatic N) is 1. The zero-order valence-electron chi connectivity index (χ0n) is 14.2. The Morgan fingerprint density at radius 3 is 2.35 bits per heavy atom. The van der Waals surface area contributed by atoms with Gasteiger partial charge in [0.05, 0.1) is 14.2 Å². The largest absolute Gasteiger partial charge is 0.497 e. The fourth-order valence-corrected chi connectivity index (χ4v) is 2.82. The van der Waals surface area contributed by atoms with Crippen LogP contribution in [0.25, 0.3) is 22.4 Å². The van der Waals surface area contributed by atoms with Gasteiger partial charge in [0, 0.05) is 21.8 Å². The molecule has 0 aliphatic carbocycles. The Bertz CT molecular complexity index is 1050. The molecule has 130 valence electrons. The van der Waals surface area contributed by atoms with Gasteiger partial charge in [-0.15, -0.1) is 0 Å². The summed E-state index contributed by atoms with van der Waals surface area (Å²) in [6.45, 7) is 0. The van der Waals surface area contributed by atoms with Crippen molar-refractivity contribution in [1.82, 2.24) is 4.98 Å². The lowest BCUT2D eigenvalue weighted by Gasteiger charge is -2.13. The van der Waals surface area contributed by atoms with Crippen molar-refractivity contribution in [2.24, 2.45) is 0 Å². The second-order valence-corrected chi connectivity index (χ2v) is 5.92. The monoisotopic (exact) mass is 366 g/mol. The van der Waals surface area contributed by atoms with E-state index in [1.165, 1.54) is 7.11 Å². The van der Waals surface area contributed by atoms with E-state index < -0.39 is 5.56 Å². The van der Waals surface area contributed by atoms with Crippen LogP contribution in [0.2, 0.25) is 5.02 Å². The highest BCUT2D eigenvalue weighted by Crippen LogP contribution is 2.35. The van der Waals surface area contributed by atoms with Crippen LogP contribution >= 0.6 is 11.6 Å². The summed E-state index contributed by atoms with van der Waals surface area (Å²) >= 11 is 5.93. The van der Waals surface area contributed by atoms with Gasteiger partial charge in [-0.1, -0.05) is 23.7 Å². The average Bonchev–Trinajstić information content (AvgIpc) is 2.67. The number of H-pyrrole nitrogens is 1. The Labute approximate surface area is 155 Å². The number of hydrogen-bond donors (Lipinski definition) is 1. The van der Waals surface area contributed by atoms with E-state index in [2.05, 4.69) is 4.98 Å². The number of nitrogens with one attached hydrogen (secondary N) is 1. The van der Waals surface area contributed by atoms with Crippen LogP contribution in [-0.4, -0.2) is 19.2 Å². The smallest absolute Gasteiger partial charge is 0.266 e. The second-order valence-electron chi connectivity index (χ2n) is 5.49. The minimum Gasteiger partial charge on any atom is -0.497 e. The number of halogens is 1. The van der Waals surface area contributed by atoms with Gasteiger partial charge in [-0.25, -0.2) is 0 Å². The Morgan fingerprint density at radius 2 is 1.73 bits per heavy atom. The molecule has 0 saturated heterocycles. The van der Waals surface area contributed by atoms with Crippen LogP contribution in [0, 0.1) is 11.3 Å². The first-order valence-corrected chi connectivity index (χ1v) is 8.11. The molecule has 1 N–H and O–H groups in total. The Kier molecular flexibility index (Phi) is 4.97. The molecular formula is C20H15ClN2O3. The van der Waals surface area contributed by atoms with Crippen molar-refractivity contribution in [3.8, 4) is 40.0 Å². The summed E-state index contributed by atoms with van der Waals surface area (Å²) in [5.74, 6) is 1.13. The number of ether oxygens (including phenoxy) is 2. The summed E-state index contributed by atoms with van der Waals surface area (Å²) in [5.41, 5.74) is 1.96. The highest BCUT2D eigenvalue weighted by atomic mass is 35.5. The maximum Gasteiger partial charge on any atom is 0.266 e. The van der Waals surface area contributed by atoms with Crippen molar-refractivity contribution < 1.29 is 9.47 Å². The minimum absolute atomic E-state index is 0.00858. The molecule has 6 heteroatoms. The second kappa shape index (κ2) is 7.34. The lowest BCUT2D eigenvalue weighted by Crippen LogP contribution is -2.13. The lowest BCUT2D eigenvalue weighted by molar-refractivity contribution is 0.404. The number of pyridine rings is 1. The molecule has 0 aliphatic heterocycles. The maximum absolute atomic E-state index is 12.5. The number of benzene rings is 2. The SMILES string of the molecule is COc1ccc(OC)c(-c2cc(-c3ccc(Cl)cc3)[nH]c(=O)c2C#N)c1. The van der Waals surface area contributed by atoms with E-state index in [1.54, 1.807) is 55.6 Å². The fraction of sp³-hybridized carbons (Fsp3) is 0.100. The fourth-order valence-electron chi connectivity index (χ4n) is 2.69. The Morgan fingerprint density at radius 1 is 1.00 bits per heavy atom. The molecule has 2 aromatic carbocycles. The maximum atomic E-state index is 12.5. The summed E-state index contributed by atoms with van der Waals surface area (Å²) in [6.07, 6.45) is 0. The van der Waals surface area contributed by atoms with E-state index in [-0.39, 0.29) is 5.56 Å². The Hall–Kier alpha value is -3.23. The molecule has 5 nitrogen and oxygen atoms in total. The van der Waals surface area contributed by atoms with Crippen molar-refractivity contribution in [1.29, 1.82) is 5.26 Å². The van der Waals surface area contributed by atoms with E-state index in [0.29, 0.717) is 33.3 Å². The molecule has 0 bridgehead atoms. The summed E-state index contributed by atoms with van der Waals surface area (Å²) < 4.78 is 10.7. The summed E-state index contributed by atoms with van der Waals surface area (Å²) in [5, 5.41) is 10.1. The van der Waals surface area contributed by atoms with E-state index >= 15 is 0 Å². The molecule has 0 amide bonds. The standard InChI is InChI=1S/C20H15ClN2O3/c1-25-14-7-8-19(26-2)16(9-14)15-10-18(23-20(24)17(15)11-22)12-3-5-13(21)6-4-12/h3-10H,1-2H3,(H,23,24). The molecular weight excluding hydrogens is 352 g/mol. The first-order chi connectivity index (χ1) is 12.6. The number of rotatable bonds is 4. The van der Waals surface area contributed by atoms with Gasteiger partial charge in [0.15, 0.2) is 0 Å². The average molecular weight is 367 g/mol. The van der Waals surface area contributed by atoms with Gasteiger partial charge in [-0.3, -0.25) is 4.79 Å². The number of hydrogen-bond acceptors (Lipinski definition) is 4. The molecule has 0 saturated carbocycles. The quantitative estimate of drug-likeness (QED) is 0.748. The van der Waals surface area contributed by atoms with Crippen LogP contribution in [0.1, 0.15) is 5.56 Å². The third-order valence-electron chi connectivity index (χ3n) is 4.00. The molecule has 3 rings (SSSR count). The normalized spacial score (nSPS) is 10.2. The Balaban J connectivity index is 2.29. The van der Waals surface area contributed by atoms with Crippen LogP contribution in [0.15, 0.2) is 53.3 Å². The zero-order valence-corrected chi connectivity index (χ0v) is 14.9. The van der Waals surface area contributed by atoms with Crippen LogP contribution in [-0.2, 0) is 0 Å². The highest BCUT2D eigenvalue weighted by Gasteiger charge is 2.16. The molecule has 1 heterocycles. The zero-order chi connectivity index (χ0) is 18.7. The number of methoxy groups -OCH3 is 2. The molecule has 0 unspecified atom stereocenters. The first-order valence-electron chi connectivity index (χ1n) is 7.73. The number of aromatic amines is 1. The van der Waals surface area contributed by atoms with E-state index in [0.717, 1.165) is 5.56 Å². The topological polar surface area (TPSA) is 75.1 Å². The molecule has 0 aliphatic rings. The predicted molar refractivity (Wildman–Crippen MR) is 101 cm³/mol. The van der Waals surface area contributed by atoms with Gasteiger partial charge >= 0.3 is 0 Å². The molecule has 3 aromatic rings. The van der Waals surface area contributed by atoms with Gasteiger partial charge in [-0.2, -0.15) is 5.26 Å². The van der Waals surface area contributed by atoms with E-state index in [1.807, 2.05) is 6.07 Å². The van der Waals surface area contributed by atoms with Gasteiger partial charge in [0.25, 0.3) is 5.56 Å². The van der Waals surface area contributed by atoms with Gasteiger partial charge in [0.2, 0.25) is 0 Å². The number of aromatic nitrogens is 1. The molecule has 0 atom stereocenters. The summed E-state index contributed by atoms with van der Waals surface area (Å²) in [4.78, 5) is 15.2. The molecule has 0 fully saturated rings. The minimum atomic E-state index is -0.472. The molecule has 1 aromatic heterocycles. The van der Waals surface area contributed by atoms with Gasteiger partial charge in [0.1, 0.15) is 23.1 Å². The first kappa shape index (κ1) is 17.6. The molecule has 26 heavy (non-hydrogen) atoms. The summed E-state index contributed by atoms with van der Waals surface area (Å²) in [7, 11) is 3.08. The van der Waals surface area contributed by atoms with Crippen LogP contribution in [0.5, 0.6) is 11.5 Å². The lowest BCUT2D eigenvalue weighted by atomic mass is 9.98. The van der Waals surface area contributed by atoms with Gasteiger partial charge in [-0.05, 0) is 42.0 Å². The van der Waals surface area contributed by atoms with Crippen molar-refractivity contribution in [2.45, 2.75) is 0 Å². The van der Waals surface area contributed by atoms with Gasteiger partial charge < -0.3 is 14.5 Å². The molecule has 0 spiro atoms. The van der Waals surface area contributed by atoms with Crippen LogP contribution in [0.4, 0.5) is 0 Å². The highest BCUT2D eigenvalue weighted by molar-refractivity contribution is 6.30. The van der Waals surface area contributed by atoms with Crippen LogP contribution in [0.3, 0.4) is 0 Å². The third-order valence-corrected chi connectivity index (χ3v) is 4.25. The molecule has 0 radical (unpaired) electrons. The van der Waals surface area contributed by atoms with E-state index in [9.17, 15) is 10.1 Å². The van der Waals surface area contributed by atoms with Crippen LogP contribution < -0.4 is 15.0 Å². The van der Waals surface area contributed by atoms with Crippen molar-refractivity contribution in [3.05, 3.63) is 69.5 Å². The van der Waals surface area contributed by atoms with Crippen molar-refractivity contribution in [3.63, 3.8) is 0 Å². The predicted octanol–water partition coefficient (Wildman–Crippen LogP) is 4.25. The van der Waals surface area contributed by atoms with E-state index in [4.69, 9.17) is 21.1 Å². The van der Waals surface area contributed by atoms with Crippen molar-refractivity contribution in [2.75, 3.05) is 14.2 Å². The summed E-state index contributed by atoms with van der Waals surface area (Å²) in [6, 6.07) is 16.0.